The van der Waals surface area contributed by atoms with E-state index in [1.54, 1.807) is 6.92 Å². The fourth-order valence-corrected chi connectivity index (χ4v) is 2.97. The molecule has 130 valence electrons. The fourth-order valence-electron chi connectivity index (χ4n) is 2.97. The molecule has 0 spiro atoms. The number of hydrogen-bond donors (Lipinski definition) is 0. The first-order valence-corrected chi connectivity index (χ1v) is 8.17. The maximum Gasteiger partial charge on any atom is 0.163 e. The van der Waals surface area contributed by atoms with Crippen LogP contribution in [0.1, 0.15) is 44.0 Å². The highest BCUT2D eigenvalue weighted by atomic mass is 35.5. The highest BCUT2D eigenvalue weighted by molar-refractivity contribution is 5.96. The topological polar surface area (TPSA) is 38.8 Å². The van der Waals surface area contributed by atoms with Gasteiger partial charge in [0.2, 0.25) is 0 Å². The van der Waals surface area contributed by atoms with Crippen LogP contribution in [-0.4, -0.2) is 49.1 Å². The van der Waals surface area contributed by atoms with Crippen LogP contribution in [0.15, 0.2) is 24.3 Å². The van der Waals surface area contributed by atoms with Crippen molar-refractivity contribution in [2.75, 3.05) is 26.2 Å². The normalized spacial score (nSPS) is 21.5. The van der Waals surface area contributed by atoms with E-state index in [1.807, 2.05) is 24.3 Å². The number of carbonyl (C=O) groups excluding carboxylic acids is 1. The molecule has 1 fully saturated rings. The zero-order valence-corrected chi connectivity index (χ0v) is 15.1. The van der Waals surface area contributed by atoms with Crippen LogP contribution in [0.25, 0.3) is 0 Å². The van der Waals surface area contributed by atoms with Crippen LogP contribution in [0.4, 0.5) is 0 Å². The molecule has 23 heavy (non-hydrogen) atoms. The molecule has 2 rings (SSSR count). The molecule has 2 unspecified atom stereocenters. The smallest absolute Gasteiger partial charge is 0.163 e. The highest BCUT2D eigenvalue weighted by Gasteiger charge is 2.21. The Morgan fingerprint density at radius 2 is 1.87 bits per heavy atom. The van der Waals surface area contributed by atoms with Crippen molar-refractivity contribution in [1.29, 1.82) is 0 Å². The van der Waals surface area contributed by atoms with Gasteiger partial charge in [-0.3, -0.25) is 9.69 Å². The van der Waals surface area contributed by atoms with Crippen molar-refractivity contribution >= 4 is 18.2 Å². The average Bonchev–Trinajstić information content (AvgIpc) is 2.46. The molecule has 0 aromatic heterocycles. The summed E-state index contributed by atoms with van der Waals surface area (Å²) < 4.78 is 11.5. The second-order valence-electron chi connectivity index (χ2n) is 6.12. The maximum atomic E-state index is 11.5. The van der Waals surface area contributed by atoms with Crippen LogP contribution in [0.5, 0.6) is 5.75 Å². The number of rotatable bonds is 7. The van der Waals surface area contributed by atoms with Crippen LogP contribution in [0.2, 0.25) is 0 Å². The van der Waals surface area contributed by atoms with Crippen molar-refractivity contribution < 1.29 is 14.3 Å². The van der Waals surface area contributed by atoms with Gasteiger partial charge in [0.25, 0.3) is 0 Å². The third kappa shape index (κ3) is 6.50. The van der Waals surface area contributed by atoms with Crippen LogP contribution in [-0.2, 0) is 4.74 Å². The molecule has 0 amide bonds. The molecule has 1 aliphatic rings. The molecule has 1 aliphatic heterocycles. The van der Waals surface area contributed by atoms with Gasteiger partial charge in [-0.1, -0.05) is 12.1 Å². The number of benzene rings is 1. The number of ether oxygens (including phenoxy) is 2. The first-order chi connectivity index (χ1) is 10.6. The Hall–Kier alpha value is -1.10. The lowest BCUT2D eigenvalue weighted by molar-refractivity contribution is -0.0682. The minimum absolute atomic E-state index is 0. The number of ketones is 1. The number of nitrogens with zero attached hydrogens (tertiary/aromatic N) is 1. The van der Waals surface area contributed by atoms with E-state index in [9.17, 15) is 4.79 Å². The largest absolute Gasteiger partial charge is 0.493 e. The summed E-state index contributed by atoms with van der Waals surface area (Å²) in [5.74, 6) is 0.746. The van der Waals surface area contributed by atoms with E-state index in [1.165, 1.54) is 0 Å². The molecule has 0 aliphatic carbocycles. The molecule has 4 nitrogen and oxygen atoms in total. The van der Waals surface area contributed by atoms with Gasteiger partial charge in [-0.15, -0.1) is 12.4 Å². The molecule has 1 aromatic rings. The van der Waals surface area contributed by atoms with Crippen molar-refractivity contribution in [3.8, 4) is 5.75 Å². The van der Waals surface area contributed by atoms with E-state index < -0.39 is 0 Å². The number of hydrogen-bond acceptors (Lipinski definition) is 4. The van der Waals surface area contributed by atoms with Crippen molar-refractivity contribution in [3.63, 3.8) is 0 Å². The monoisotopic (exact) mass is 341 g/mol. The summed E-state index contributed by atoms with van der Waals surface area (Å²) in [6, 6.07) is 7.44. The first-order valence-electron chi connectivity index (χ1n) is 8.17. The van der Waals surface area contributed by atoms with Gasteiger partial charge >= 0.3 is 0 Å². The Kier molecular flexibility index (Phi) is 8.59. The quantitative estimate of drug-likeness (QED) is 0.561. The van der Waals surface area contributed by atoms with Gasteiger partial charge in [0.15, 0.2) is 5.78 Å². The molecule has 1 saturated heterocycles. The molecule has 1 aromatic carbocycles. The summed E-state index contributed by atoms with van der Waals surface area (Å²) in [6.07, 6.45) is 2.73. The summed E-state index contributed by atoms with van der Waals surface area (Å²) in [4.78, 5) is 14.0. The zero-order chi connectivity index (χ0) is 15.9. The van der Waals surface area contributed by atoms with Gasteiger partial charge in [-0.05, 0) is 52.3 Å². The van der Waals surface area contributed by atoms with Crippen molar-refractivity contribution in [1.82, 2.24) is 4.90 Å². The van der Waals surface area contributed by atoms with E-state index >= 15 is 0 Å². The Labute approximate surface area is 145 Å². The molecule has 0 N–H and O–H groups in total. The van der Waals surface area contributed by atoms with Crippen molar-refractivity contribution in [2.24, 2.45) is 0 Å². The average molecular weight is 342 g/mol. The number of halogens is 1. The molecule has 2 atom stereocenters. The number of morpholine rings is 1. The second-order valence-corrected chi connectivity index (χ2v) is 6.12. The molecular weight excluding hydrogens is 314 g/mol. The molecular formula is C18H28ClNO3. The van der Waals surface area contributed by atoms with Crippen molar-refractivity contribution in [3.05, 3.63) is 29.8 Å². The summed E-state index contributed by atoms with van der Waals surface area (Å²) >= 11 is 0. The van der Waals surface area contributed by atoms with E-state index in [0.29, 0.717) is 30.1 Å². The van der Waals surface area contributed by atoms with Crippen LogP contribution in [0.3, 0.4) is 0 Å². The van der Waals surface area contributed by atoms with E-state index in [4.69, 9.17) is 9.47 Å². The third-order valence-electron chi connectivity index (χ3n) is 3.89. The molecule has 0 bridgehead atoms. The Bertz CT molecular complexity index is 485. The second kappa shape index (κ2) is 9.91. The van der Waals surface area contributed by atoms with Crippen LogP contribution >= 0.6 is 12.4 Å². The maximum absolute atomic E-state index is 11.5. The fraction of sp³-hybridized carbons (Fsp3) is 0.611. The van der Waals surface area contributed by atoms with Gasteiger partial charge in [0.1, 0.15) is 5.75 Å². The van der Waals surface area contributed by atoms with Crippen LogP contribution in [0, 0.1) is 0 Å². The Balaban J connectivity index is 0.00000264. The predicted molar refractivity (Wildman–Crippen MR) is 94.9 cm³/mol. The number of carbonyl (C=O) groups is 1. The lowest BCUT2D eigenvalue weighted by atomic mass is 10.1. The summed E-state index contributed by atoms with van der Waals surface area (Å²) in [7, 11) is 0. The number of para-hydroxylation sites is 1. The lowest BCUT2D eigenvalue weighted by Crippen LogP contribution is -2.45. The van der Waals surface area contributed by atoms with Gasteiger partial charge in [0.05, 0.1) is 24.4 Å². The first kappa shape index (κ1) is 19.9. The van der Waals surface area contributed by atoms with E-state index in [-0.39, 0.29) is 18.2 Å². The van der Waals surface area contributed by atoms with Gasteiger partial charge in [-0.2, -0.15) is 0 Å². The summed E-state index contributed by atoms with van der Waals surface area (Å²) in [5.41, 5.74) is 0.665. The minimum Gasteiger partial charge on any atom is -0.493 e. The Morgan fingerprint density at radius 1 is 1.22 bits per heavy atom. The van der Waals surface area contributed by atoms with E-state index in [2.05, 4.69) is 18.7 Å². The molecule has 0 radical (unpaired) electrons. The van der Waals surface area contributed by atoms with E-state index in [0.717, 1.165) is 32.5 Å². The van der Waals surface area contributed by atoms with Gasteiger partial charge in [-0.25, -0.2) is 0 Å². The lowest BCUT2D eigenvalue weighted by Gasteiger charge is -2.35. The van der Waals surface area contributed by atoms with Crippen molar-refractivity contribution in [2.45, 2.75) is 45.8 Å². The third-order valence-corrected chi connectivity index (χ3v) is 3.89. The SMILES string of the molecule is CC(=O)c1ccccc1OCCCCN1CC(C)OC(C)C1.Cl. The molecule has 1 heterocycles. The zero-order valence-electron chi connectivity index (χ0n) is 14.3. The number of Topliss-reactive ketones (excluding diaryl/α,β-unsaturated/α-hetero) is 1. The molecule has 5 heteroatoms. The number of unbranched alkanes of at least 4 members (excludes halogenated alkanes) is 1. The van der Waals surface area contributed by atoms with Crippen LogP contribution < -0.4 is 4.74 Å². The molecule has 0 saturated carbocycles. The van der Waals surface area contributed by atoms with Gasteiger partial charge in [0, 0.05) is 13.1 Å². The predicted octanol–water partition coefficient (Wildman–Crippen LogP) is 3.58. The summed E-state index contributed by atoms with van der Waals surface area (Å²) in [5, 5.41) is 0. The highest BCUT2D eigenvalue weighted by Crippen LogP contribution is 2.18. The summed E-state index contributed by atoms with van der Waals surface area (Å²) in [6.45, 7) is 9.59. The standard InChI is InChI=1S/C18H27NO3.ClH/c1-14-12-19(13-15(2)22-14)10-6-7-11-21-18-9-5-4-8-17(18)16(3)20;/h4-5,8-9,14-15H,6-7,10-13H2,1-3H3;1H. The Morgan fingerprint density at radius 3 is 2.52 bits per heavy atom. The minimum atomic E-state index is 0. The van der Waals surface area contributed by atoms with Gasteiger partial charge < -0.3 is 9.47 Å².